The lowest BCUT2D eigenvalue weighted by atomic mass is 10.1. The van der Waals surface area contributed by atoms with Gasteiger partial charge in [0.2, 0.25) is 0 Å². The Hall–Kier alpha value is -2.50. The van der Waals surface area contributed by atoms with Crippen molar-refractivity contribution in [2.24, 2.45) is 7.05 Å². The standard InChI is InChI=1S/C23H27ClN4O/c1-3-19-22(25(2)28(23(19)29)18-9-5-4-6-10-18)17-26-13-15-27(16-14-26)21-12-8-7-11-20(21)24/h4-12H,3,13-17H2,1-2H3. The maximum atomic E-state index is 13.1. The van der Waals surface area contributed by atoms with Gasteiger partial charge in [0, 0.05) is 45.3 Å². The number of anilines is 1. The largest absolute Gasteiger partial charge is 0.368 e. The van der Waals surface area contributed by atoms with Crippen molar-refractivity contribution < 1.29 is 0 Å². The molecule has 152 valence electrons. The van der Waals surface area contributed by atoms with Gasteiger partial charge in [-0.15, -0.1) is 0 Å². The third-order valence-corrected chi connectivity index (χ3v) is 6.10. The van der Waals surface area contributed by atoms with Crippen LogP contribution in [0.2, 0.25) is 5.02 Å². The van der Waals surface area contributed by atoms with Gasteiger partial charge < -0.3 is 4.90 Å². The Labute approximate surface area is 176 Å². The van der Waals surface area contributed by atoms with E-state index in [4.69, 9.17) is 11.6 Å². The molecule has 29 heavy (non-hydrogen) atoms. The predicted molar refractivity (Wildman–Crippen MR) is 119 cm³/mol. The minimum atomic E-state index is 0.0888. The number of hydrogen-bond donors (Lipinski definition) is 0. The molecule has 1 saturated heterocycles. The molecule has 2 aromatic carbocycles. The van der Waals surface area contributed by atoms with E-state index >= 15 is 0 Å². The fraction of sp³-hybridized carbons (Fsp3) is 0.348. The second-order valence-corrected chi connectivity index (χ2v) is 7.88. The Kier molecular flexibility index (Phi) is 5.79. The summed E-state index contributed by atoms with van der Waals surface area (Å²) < 4.78 is 3.81. The van der Waals surface area contributed by atoms with Gasteiger partial charge in [0.25, 0.3) is 5.56 Å². The van der Waals surface area contributed by atoms with Gasteiger partial charge in [0.05, 0.1) is 22.1 Å². The number of aromatic nitrogens is 2. The van der Waals surface area contributed by atoms with Crippen LogP contribution in [0.15, 0.2) is 59.4 Å². The molecule has 0 N–H and O–H groups in total. The molecule has 0 spiro atoms. The Morgan fingerprint density at radius 1 is 0.931 bits per heavy atom. The SMILES string of the molecule is CCc1c(CN2CCN(c3ccccc3Cl)CC2)n(C)n(-c2ccccc2)c1=O. The molecule has 0 saturated carbocycles. The second kappa shape index (κ2) is 8.47. The van der Waals surface area contributed by atoms with E-state index < -0.39 is 0 Å². The monoisotopic (exact) mass is 410 g/mol. The molecule has 0 amide bonds. The summed E-state index contributed by atoms with van der Waals surface area (Å²) in [4.78, 5) is 17.8. The van der Waals surface area contributed by atoms with Crippen LogP contribution < -0.4 is 10.5 Å². The van der Waals surface area contributed by atoms with Gasteiger partial charge in [-0.05, 0) is 30.7 Å². The number of benzene rings is 2. The fourth-order valence-corrected chi connectivity index (χ4v) is 4.44. The van der Waals surface area contributed by atoms with Crippen molar-refractivity contribution in [1.29, 1.82) is 0 Å². The summed E-state index contributed by atoms with van der Waals surface area (Å²) in [6, 6.07) is 17.9. The molecule has 6 heteroatoms. The van der Waals surface area contributed by atoms with Crippen molar-refractivity contribution in [3.8, 4) is 5.69 Å². The van der Waals surface area contributed by atoms with E-state index in [-0.39, 0.29) is 5.56 Å². The number of rotatable bonds is 5. The molecule has 2 heterocycles. The Morgan fingerprint density at radius 2 is 1.59 bits per heavy atom. The topological polar surface area (TPSA) is 33.4 Å². The van der Waals surface area contributed by atoms with Crippen LogP contribution in [0.25, 0.3) is 5.69 Å². The molecule has 0 radical (unpaired) electrons. The minimum absolute atomic E-state index is 0.0888. The number of piperazine rings is 1. The Balaban J connectivity index is 1.54. The normalized spacial score (nSPS) is 15.1. The van der Waals surface area contributed by atoms with Crippen LogP contribution in [0.1, 0.15) is 18.2 Å². The lowest BCUT2D eigenvalue weighted by Crippen LogP contribution is -2.46. The lowest BCUT2D eigenvalue weighted by molar-refractivity contribution is 0.242. The first-order valence-electron chi connectivity index (χ1n) is 10.2. The molecule has 0 atom stereocenters. The highest BCUT2D eigenvalue weighted by Crippen LogP contribution is 2.26. The number of hydrogen-bond acceptors (Lipinski definition) is 3. The summed E-state index contributed by atoms with van der Waals surface area (Å²) in [5, 5.41) is 0.802. The summed E-state index contributed by atoms with van der Waals surface area (Å²) in [6.45, 7) is 6.59. The highest BCUT2D eigenvalue weighted by atomic mass is 35.5. The Morgan fingerprint density at radius 3 is 2.24 bits per heavy atom. The maximum Gasteiger partial charge on any atom is 0.274 e. The van der Waals surface area contributed by atoms with E-state index in [0.29, 0.717) is 0 Å². The molecular formula is C23H27ClN4O. The van der Waals surface area contributed by atoms with Gasteiger partial charge in [-0.25, -0.2) is 4.68 Å². The zero-order valence-electron chi connectivity index (χ0n) is 17.0. The van der Waals surface area contributed by atoms with Crippen LogP contribution in [0, 0.1) is 0 Å². The van der Waals surface area contributed by atoms with E-state index in [1.807, 2.05) is 60.3 Å². The molecule has 3 aromatic rings. The zero-order valence-corrected chi connectivity index (χ0v) is 17.8. The van der Waals surface area contributed by atoms with E-state index in [1.54, 1.807) is 4.68 Å². The molecule has 1 fully saturated rings. The third kappa shape index (κ3) is 3.85. The summed E-state index contributed by atoms with van der Waals surface area (Å²) in [6.07, 6.45) is 0.738. The number of nitrogens with zero attached hydrogens (tertiary/aromatic N) is 4. The third-order valence-electron chi connectivity index (χ3n) is 5.78. The van der Waals surface area contributed by atoms with Crippen LogP contribution >= 0.6 is 11.6 Å². The maximum absolute atomic E-state index is 13.1. The number of para-hydroxylation sites is 2. The zero-order chi connectivity index (χ0) is 20.4. The van der Waals surface area contributed by atoms with Crippen LogP contribution in [0.5, 0.6) is 0 Å². The van der Waals surface area contributed by atoms with Crippen LogP contribution in [-0.2, 0) is 20.0 Å². The summed E-state index contributed by atoms with van der Waals surface area (Å²) in [5.41, 5.74) is 4.11. The highest BCUT2D eigenvalue weighted by molar-refractivity contribution is 6.33. The first kappa shape index (κ1) is 19.8. The molecule has 4 rings (SSSR count). The van der Waals surface area contributed by atoms with Crippen molar-refractivity contribution in [3.63, 3.8) is 0 Å². The Bertz CT molecular complexity index is 1030. The van der Waals surface area contributed by atoms with Gasteiger partial charge >= 0.3 is 0 Å². The molecule has 1 aromatic heterocycles. The number of halogens is 1. The van der Waals surface area contributed by atoms with E-state index in [1.165, 1.54) is 0 Å². The molecule has 1 aliphatic rings. The summed E-state index contributed by atoms with van der Waals surface area (Å²) >= 11 is 6.37. The van der Waals surface area contributed by atoms with Crippen molar-refractivity contribution >= 4 is 17.3 Å². The van der Waals surface area contributed by atoms with E-state index in [0.717, 1.165) is 66.8 Å². The predicted octanol–water partition coefficient (Wildman–Crippen LogP) is 3.71. The molecule has 1 aliphatic heterocycles. The average Bonchev–Trinajstić information content (AvgIpc) is 2.98. The van der Waals surface area contributed by atoms with Gasteiger partial charge in [0.1, 0.15) is 0 Å². The van der Waals surface area contributed by atoms with Gasteiger partial charge in [-0.2, -0.15) is 0 Å². The molecule has 0 unspecified atom stereocenters. The summed E-state index contributed by atoms with van der Waals surface area (Å²) in [7, 11) is 1.99. The van der Waals surface area contributed by atoms with E-state index in [2.05, 4.69) is 22.8 Å². The minimum Gasteiger partial charge on any atom is -0.368 e. The molecule has 0 aliphatic carbocycles. The first-order valence-corrected chi connectivity index (χ1v) is 10.5. The quantitative estimate of drug-likeness (QED) is 0.642. The summed E-state index contributed by atoms with van der Waals surface area (Å²) in [5.74, 6) is 0. The van der Waals surface area contributed by atoms with Crippen LogP contribution in [-0.4, -0.2) is 40.4 Å². The van der Waals surface area contributed by atoms with Crippen LogP contribution in [0.4, 0.5) is 5.69 Å². The van der Waals surface area contributed by atoms with Crippen molar-refractivity contribution in [2.75, 3.05) is 31.1 Å². The second-order valence-electron chi connectivity index (χ2n) is 7.47. The van der Waals surface area contributed by atoms with E-state index in [9.17, 15) is 4.79 Å². The smallest absolute Gasteiger partial charge is 0.274 e. The van der Waals surface area contributed by atoms with Gasteiger partial charge in [0.15, 0.2) is 0 Å². The first-order chi connectivity index (χ1) is 14.1. The molecule has 5 nitrogen and oxygen atoms in total. The van der Waals surface area contributed by atoms with Gasteiger partial charge in [-0.1, -0.05) is 48.9 Å². The fourth-order valence-electron chi connectivity index (χ4n) is 4.18. The average molecular weight is 411 g/mol. The lowest BCUT2D eigenvalue weighted by Gasteiger charge is -2.36. The van der Waals surface area contributed by atoms with Gasteiger partial charge in [-0.3, -0.25) is 14.4 Å². The highest BCUT2D eigenvalue weighted by Gasteiger charge is 2.23. The van der Waals surface area contributed by atoms with Crippen molar-refractivity contribution in [2.45, 2.75) is 19.9 Å². The van der Waals surface area contributed by atoms with Crippen molar-refractivity contribution in [3.05, 3.63) is 81.2 Å². The molecule has 0 bridgehead atoms. The van der Waals surface area contributed by atoms with Crippen molar-refractivity contribution in [1.82, 2.24) is 14.3 Å². The van der Waals surface area contributed by atoms with Crippen LogP contribution in [0.3, 0.4) is 0 Å². The molecular weight excluding hydrogens is 384 g/mol.